The summed E-state index contributed by atoms with van der Waals surface area (Å²) in [6.45, 7) is 7.41. The van der Waals surface area contributed by atoms with Gasteiger partial charge < -0.3 is 10.1 Å². The fraction of sp³-hybridized carbons (Fsp3) is 0.500. The highest BCUT2D eigenvalue weighted by molar-refractivity contribution is 5.29. The minimum absolute atomic E-state index is 0.0683. The maximum atomic E-state index is 13.2. The molecule has 0 aliphatic carbocycles. The first-order valence-corrected chi connectivity index (χ1v) is 5.28. The lowest BCUT2D eigenvalue weighted by Gasteiger charge is -2.11. The summed E-state index contributed by atoms with van der Waals surface area (Å²) in [7, 11) is 0. The molecule has 0 saturated carbocycles. The normalized spacial score (nSPS) is 10.7. The van der Waals surface area contributed by atoms with Gasteiger partial charge >= 0.3 is 0 Å². The first-order valence-electron chi connectivity index (χ1n) is 5.28. The van der Waals surface area contributed by atoms with Gasteiger partial charge in [-0.25, -0.2) is 4.39 Å². The smallest absolute Gasteiger partial charge is 0.127 e. The quantitative estimate of drug-likeness (QED) is 0.808. The third-order valence-electron chi connectivity index (χ3n) is 1.88. The Morgan fingerprint density at radius 1 is 1.33 bits per heavy atom. The zero-order valence-corrected chi connectivity index (χ0v) is 9.51. The molecule has 0 aliphatic heterocycles. The van der Waals surface area contributed by atoms with E-state index in [-0.39, 0.29) is 11.9 Å². The highest BCUT2D eigenvalue weighted by Crippen LogP contribution is 2.17. The fourth-order valence-electron chi connectivity index (χ4n) is 1.33. The van der Waals surface area contributed by atoms with Crippen LogP contribution in [0.5, 0.6) is 5.75 Å². The van der Waals surface area contributed by atoms with Crippen LogP contribution in [0.25, 0.3) is 0 Å². The molecule has 0 unspecified atom stereocenters. The minimum Gasteiger partial charge on any atom is -0.491 e. The Hall–Kier alpha value is -1.09. The van der Waals surface area contributed by atoms with Gasteiger partial charge in [0.15, 0.2) is 0 Å². The van der Waals surface area contributed by atoms with Crippen LogP contribution in [-0.4, -0.2) is 12.6 Å². The molecule has 0 atom stereocenters. The van der Waals surface area contributed by atoms with Crippen molar-refractivity contribution in [2.45, 2.75) is 33.4 Å². The van der Waals surface area contributed by atoms with E-state index in [1.807, 2.05) is 26.8 Å². The second kappa shape index (κ2) is 5.71. The zero-order chi connectivity index (χ0) is 11.3. The van der Waals surface area contributed by atoms with E-state index in [4.69, 9.17) is 4.74 Å². The van der Waals surface area contributed by atoms with Gasteiger partial charge in [0.2, 0.25) is 0 Å². The van der Waals surface area contributed by atoms with E-state index in [9.17, 15) is 4.39 Å². The van der Waals surface area contributed by atoms with Gasteiger partial charge in [0, 0.05) is 12.6 Å². The van der Waals surface area contributed by atoms with Gasteiger partial charge in [-0.3, -0.25) is 0 Å². The SMILES string of the molecule is CCNCc1cc(F)cc(OC(C)C)c1. The summed E-state index contributed by atoms with van der Waals surface area (Å²) in [4.78, 5) is 0. The van der Waals surface area contributed by atoms with Crippen molar-refractivity contribution in [2.75, 3.05) is 6.54 Å². The molecule has 0 spiro atoms. The number of nitrogens with one attached hydrogen (secondary N) is 1. The molecular weight excluding hydrogens is 193 g/mol. The molecular formula is C12H18FNO. The van der Waals surface area contributed by atoms with Crippen LogP contribution in [0, 0.1) is 5.82 Å². The molecule has 84 valence electrons. The molecule has 2 nitrogen and oxygen atoms in total. The van der Waals surface area contributed by atoms with Crippen LogP contribution >= 0.6 is 0 Å². The summed E-state index contributed by atoms with van der Waals surface area (Å²) in [6, 6.07) is 4.80. The van der Waals surface area contributed by atoms with Gasteiger partial charge in [0.05, 0.1) is 6.10 Å². The molecule has 0 bridgehead atoms. The molecule has 0 aromatic heterocycles. The van der Waals surface area contributed by atoms with E-state index < -0.39 is 0 Å². The average Bonchev–Trinajstić information content (AvgIpc) is 2.12. The monoisotopic (exact) mass is 211 g/mol. The number of benzene rings is 1. The summed E-state index contributed by atoms with van der Waals surface area (Å²) in [5.74, 6) is 0.346. The van der Waals surface area contributed by atoms with E-state index >= 15 is 0 Å². The predicted octanol–water partition coefficient (Wildman–Crippen LogP) is 2.72. The van der Waals surface area contributed by atoms with Crippen LogP contribution in [-0.2, 0) is 6.54 Å². The van der Waals surface area contributed by atoms with E-state index in [1.54, 1.807) is 0 Å². The number of rotatable bonds is 5. The zero-order valence-electron chi connectivity index (χ0n) is 9.51. The van der Waals surface area contributed by atoms with Crippen molar-refractivity contribution >= 4 is 0 Å². The highest BCUT2D eigenvalue weighted by Gasteiger charge is 2.03. The number of hydrogen-bond donors (Lipinski definition) is 1. The summed E-state index contributed by atoms with van der Waals surface area (Å²) in [6.07, 6.45) is 0.0683. The molecule has 1 aromatic carbocycles. The molecule has 1 rings (SSSR count). The lowest BCUT2D eigenvalue weighted by atomic mass is 10.2. The average molecular weight is 211 g/mol. The van der Waals surface area contributed by atoms with Crippen LogP contribution in [0.1, 0.15) is 26.3 Å². The first kappa shape index (κ1) is 12.0. The Balaban J connectivity index is 2.75. The van der Waals surface area contributed by atoms with Crippen molar-refractivity contribution in [3.05, 3.63) is 29.6 Å². The number of ether oxygens (including phenoxy) is 1. The van der Waals surface area contributed by atoms with Gasteiger partial charge in [-0.2, -0.15) is 0 Å². The van der Waals surface area contributed by atoms with Crippen molar-refractivity contribution in [2.24, 2.45) is 0 Å². The van der Waals surface area contributed by atoms with Gasteiger partial charge in [0.1, 0.15) is 11.6 Å². The van der Waals surface area contributed by atoms with E-state index in [0.717, 1.165) is 12.1 Å². The Labute approximate surface area is 90.4 Å². The van der Waals surface area contributed by atoms with Gasteiger partial charge in [-0.1, -0.05) is 6.92 Å². The van der Waals surface area contributed by atoms with Gasteiger partial charge in [-0.15, -0.1) is 0 Å². The van der Waals surface area contributed by atoms with Crippen molar-refractivity contribution < 1.29 is 9.13 Å². The third kappa shape index (κ3) is 4.30. The fourth-order valence-corrected chi connectivity index (χ4v) is 1.33. The molecule has 3 heteroatoms. The third-order valence-corrected chi connectivity index (χ3v) is 1.88. The van der Waals surface area contributed by atoms with Gasteiger partial charge in [-0.05, 0) is 38.1 Å². The predicted molar refractivity (Wildman–Crippen MR) is 59.5 cm³/mol. The second-order valence-electron chi connectivity index (χ2n) is 3.74. The molecule has 0 fully saturated rings. The molecule has 1 aromatic rings. The molecule has 0 radical (unpaired) electrons. The van der Waals surface area contributed by atoms with E-state index in [0.29, 0.717) is 12.3 Å². The van der Waals surface area contributed by atoms with Gasteiger partial charge in [0.25, 0.3) is 0 Å². The Morgan fingerprint density at radius 3 is 2.67 bits per heavy atom. The Morgan fingerprint density at radius 2 is 2.07 bits per heavy atom. The van der Waals surface area contributed by atoms with Crippen molar-refractivity contribution in [1.29, 1.82) is 0 Å². The topological polar surface area (TPSA) is 21.3 Å². The largest absolute Gasteiger partial charge is 0.491 e. The van der Waals surface area contributed by atoms with Crippen LogP contribution in [0.2, 0.25) is 0 Å². The van der Waals surface area contributed by atoms with E-state index in [2.05, 4.69) is 5.32 Å². The Kier molecular flexibility index (Phi) is 4.56. The van der Waals surface area contributed by atoms with Crippen LogP contribution < -0.4 is 10.1 Å². The van der Waals surface area contributed by atoms with Crippen LogP contribution in [0.15, 0.2) is 18.2 Å². The van der Waals surface area contributed by atoms with Crippen LogP contribution in [0.4, 0.5) is 4.39 Å². The van der Waals surface area contributed by atoms with Crippen molar-refractivity contribution in [1.82, 2.24) is 5.32 Å². The molecule has 0 heterocycles. The number of hydrogen-bond acceptors (Lipinski definition) is 2. The highest BCUT2D eigenvalue weighted by atomic mass is 19.1. The molecule has 15 heavy (non-hydrogen) atoms. The van der Waals surface area contributed by atoms with Crippen LogP contribution in [0.3, 0.4) is 0 Å². The minimum atomic E-state index is -0.249. The standard InChI is InChI=1S/C12H18FNO/c1-4-14-8-10-5-11(13)7-12(6-10)15-9(2)3/h5-7,9,14H,4,8H2,1-3H3. The maximum absolute atomic E-state index is 13.2. The Bertz CT molecular complexity index is 312. The van der Waals surface area contributed by atoms with E-state index in [1.165, 1.54) is 12.1 Å². The first-order chi connectivity index (χ1) is 7.11. The lowest BCUT2D eigenvalue weighted by molar-refractivity contribution is 0.241. The number of halogens is 1. The second-order valence-corrected chi connectivity index (χ2v) is 3.74. The summed E-state index contributed by atoms with van der Waals surface area (Å²) in [5, 5.41) is 3.15. The summed E-state index contributed by atoms with van der Waals surface area (Å²) >= 11 is 0. The van der Waals surface area contributed by atoms with Crippen molar-refractivity contribution in [3.8, 4) is 5.75 Å². The summed E-state index contributed by atoms with van der Waals surface area (Å²) in [5.41, 5.74) is 0.910. The van der Waals surface area contributed by atoms with Crippen molar-refractivity contribution in [3.63, 3.8) is 0 Å². The maximum Gasteiger partial charge on any atom is 0.127 e. The molecule has 0 saturated heterocycles. The summed E-state index contributed by atoms with van der Waals surface area (Å²) < 4.78 is 18.6. The molecule has 0 amide bonds. The molecule has 1 N–H and O–H groups in total. The lowest BCUT2D eigenvalue weighted by Crippen LogP contribution is -2.12. The molecule has 0 aliphatic rings.